The summed E-state index contributed by atoms with van der Waals surface area (Å²) < 4.78 is 4.82. The van der Waals surface area contributed by atoms with Crippen molar-refractivity contribution in [3.05, 3.63) is 12.2 Å². The maximum atomic E-state index is 10.3. The van der Waals surface area contributed by atoms with Crippen LogP contribution >= 0.6 is 0 Å². The van der Waals surface area contributed by atoms with Gasteiger partial charge in [-0.25, -0.2) is 0 Å². The van der Waals surface area contributed by atoms with Crippen LogP contribution in [0, 0.1) is 0 Å². The largest absolute Gasteiger partial charge is 0.481 e. The molecule has 0 amide bonds. The molecule has 0 radical (unpaired) electrons. The average molecular weight is 447 g/mol. The lowest BCUT2D eigenvalue weighted by Gasteiger charge is -2.18. The third kappa shape index (κ3) is 17.3. The van der Waals surface area contributed by atoms with E-state index in [9.17, 15) is 4.79 Å². The first-order valence-corrected chi connectivity index (χ1v) is 12.1. The predicted octanol–water partition coefficient (Wildman–Crippen LogP) is 3.57. The van der Waals surface area contributed by atoms with Crippen LogP contribution in [-0.2, 0) is 9.53 Å². The summed E-state index contributed by atoms with van der Waals surface area (Å²) in [6.07, 6.45) is 17.2. The second kappa shape index (κ2) is 20.9. The number of unbranched alkanes of at least 4 members (excludes halogenated alkanes) is 11. The smallest absolute Gasteiger partial charge is 0.303 e. The first kappa shape index (κ1) is 30.0. The van der Waals surface area contributed by atoms with Crippen molar-refractivity contribution >= 4 is 5.97 Å². The van der Waals surface area contributed by atoms with Crippen LogP contribution in [0.15, 0.2) is 12.2 Å². The molecular weight excluding hydrogens is 400 g/mol. The van der Waals surface area contributed by atoms with Gasteiger partial charge in [0, 0.05) is 6.42 Å². The van der Waals surface area contributed by atoms with E-state index >= 15 is 0 Å². The van der Waals surface area contributed by atoms with Gasteiger partial charge in [-0.3, -0.25) is 4.79 Å². The molecule has 1 fully saturated rings. The number of aliphatic carboxylic acids is 1. The number of aliphatic hydroxyl groups excluding tert-OH is 4. The second-order valence-corrected chi connectivity index (χ2v) is 8.33. The molecule has 0 aromatic heterocycles. The Balaban J connectivity index is 0.000000683. The number of aliphatic hydroxyl groups is 4. The molecule has 0 spiro atoms. The van der Waals surface area contributed by atoms with Crippen molar-refractivity contribution in [3.8, 4) is 0 Å². The Morgan fingerprint density at radius 3 is 1.90 bits per heavy atom. The van der Waals surface area contributed by atoms with E-state index in [-0.39, 0.29) is 6.61 Å². The summed E-state index contributed by atoms with van der Waals surface area (Å²) in [7, 11) is 0. The van der Waals surface area contributed by atoms with Gasteiger partial charge in [0.1, 0.15) is 24.4 Å². The van der Waals surface area contributed by atoms with Crippen molar-refractivity contribution in [2.45, 2.75) is 121 Å². The molecule has 7 nitrogen and oxygen atoms in total. The fourth-order valence-electron chi connectivity index (χ4n) is 3.42. The van der Waals surface area contributed by atoms with Gasteiger partial charge in [0.15, 0.2) is 0 Å². The van der Waals surface area contributed by atoms with Crippen LogP contribution in [0.3, 0.4) is 0 Å². The minimum absolute atomic E-state index is 0.00287. The summed E-state index contributed by atoms with van der Waals surface area (Å²) in [5, 5.41) is 44.0. The molecule has 0 bridgehead atoms. The van der Waals surface area contributed by atoms with Crippen LogP contribution in [0.5, 0.6) is 0 Å². The highest BCUT2D eigenvalue weighted by atomic mass is 16.5. The first-order valence-electron chi connectivity index (χ1n) is 12.1. The Morgan fingerprint density at radius 2 is 1.45 bits per heavy atom. The lowest BCUT2D eigenvalue weighted by molar-refractivity contribution is -0.137. The summed E-state index contributed by atoms with van der Waals surface area (Å²) in [4.78, 5) is 10.3. The van der Waals surface area contributed by atoms with E-state index in [4.69, 9.17) is 30.3 Å². The third-order valence-corrected chi connectivity index (χ3v) is 5.41. The number of carbonyl (C=O) groups is 1. The number of ether oxygens (including phenoxy) is 1. The van der Waals surface area contributed by atoms with Crippen molar-refractivity contribution < 1.29 is 35.1 Å². The molecule has 31 heavy (non-hydrogen) atoms. The summed E-state index contributed by atoms with van der Waals surface area (Å²) in [5.41, 5.74) is 0. The monoisotopic (exact) mass is 446 g/mol. The molecule has 1 heterocycles. The molecule has 1 rings (SSSR count). The minimum atomic E-state index is -1.12. The van der Waals surface area contributed by atoms with Gasteiger partial charge in [-0.1, -0.05) is 70.4 Å². The van der Waals surface area contributed by atoms with E-state index in [0.717, 1.165) is 12.8 Å². The Hall–Kier alpha value is -0.990. The highest BCUT2D eigenvalue weighted by Gasteiger charge is 2.38. The van der Waals surface area contributed by atoms with Gasteiger partial charge in [0.2, 0.25) is 0 Å². The SMILES string of the molecule is CCCCCCCC/C=C\CCCCCCCC(=O)O.OC[C@@H](O)[C@H]1OC[C@@H](O)C1O. The summed E-state index contributed by atoms with van der Waals surface area (Å²) in [5.74, 6) is -0.664. The van der Waals surface area contributed by atoms with Gasteiger partial charge in [-0.2, -0.15) is 0 Å². The standard InChI is InChI=1S/C18H34O2.C6H12O5/c1-2-3-4-5-6-7-8-9-10-11-12-13-14-15-16-17-18(19)20;7-1-3(8)6-5(10)4(9)2-11-6/h9-10H,2-8,11-17H2,1H3,(H,19,20);3-10H,1-2H2/b10-9-;/t;3-,4-,5?,6-/m.1/s1. The van der Waals surface area contributed by atoms with Gasteiger partial charge < -0.3 is 30.3 Å². The number of rotatable bonds is 17. The zero-order valence-electron chi connectivity index (χ0n) is 19.3. The van der Waals surface area contributed by atoms with E-state index in [2.05, 4.69) is 19.1 Å². The molecule has 1 saturated heterocycles. The predicted molar refractivity (Wildman–Crippen MR) is 122 cm³/mol. The fraction of sp³-hybridized carbons (Fsp3) is 0.875. The summed E-state index contributed by atoms with van der Waals surface area (Å²) in [6.45, 7) is 1.78. The van der Waals surface area contributed by atoms with Crippen LogP contribution in [0.4, 0.5) is 0 Å². The van der Waals surface area contributed by atoms with Gasteiger partial charge >= 0.3 is 5.97 Å². The van der Waals surface area contributed by atoms with Crippen molar-refractivity contribution in [1.82, 2.24) is 0 Å². The van der Waals surface area contributed by atoms with Gasteiger partial charge in [-0.05, 0) is 32.1 Å². The quantitative estimate of drug-likeness (QED) is 0.171. The molecule has 5 N–H and O–H groups in total. The van der Waals surface area contributed by atoms with Gasteiger partial charge in [0.25, 0.3) is 0 Å². The number of hydrogen-bond donors (Lipinski definition) is 5. The molecule has 0 saturated carbocycles. The van der Waals surface area contributed by atoms with Crippen LogP contribution < -0.4 is 0 Å². The molecule has 4 atom stereocenters. The number of hydrogen-bond acceptors (Lipinski definition) is 6. The molecule has 1 aliphatic rings. The van der Waals surface area contributed by atoms with Crippen LogP contribution in [0.25, 0.3) is 0 Å². The topological polar surface area (TPSA) is 127 Å². The highest BCUT2D eigenvalue weighted by Crippen LogP contribution is 2.17. The van der Waals surface area contributed by atoms with Crippen molar-refractivity contribution in [1.29, 1.82) is 0 Å². The number of allylic oxidation sites excluding steroid dienone is 2. The van der Waals surface area contributed by atoms with E-state index in [1.165, 1.54) is 70.6 Å². The highest BCUT2D eigenvalue weighted by molar-refractivity contribution is 5.66. The molecular formula is C24H46O7. The number of carboxylic acids is 1. The summed E-state index contributed by atoms with van der Waals surface area (Å²) in [6, 6.07) is 0. The van der Waals surface area contributed by atoms with E-state index in [1.54, 1.807) is 0 Å². The normalized spacial score (nSPS) is 21.8. The molecule has 1 unspecified atom stereocenters. The first-order chi connectivity index (χ1) is 14.9. The Labute approximate surface area is 188 Å². The van der Waals surface area contributed by atoms with Crippen LogP contribution in [0.1, 0.15) is 96.8 Å². The molecule has 0 aliphatic carbocycles. The van der Waals surface area contributed by atoms with Crippen molar-refractivity contribution in [2.24, 2.45) is 0 Å². The molecule has 1 aliphatic heterocycles. The second-order valence-electron chi connectivity index (χ2n) is 8.33. The Morgan fingerprint density at radius 1 is 0.935 bits per heavy atom. The Kier molecular flexibility index (Phi) is 20.2. The van der Waals surface area contributed by atoms with E-state index < -0.39 is 37.0 Å². The van der Waals surface area contributed by atoms with Crippen LogP contribution in [-0.4, -0.2) is 69.1 Å². The molecule has 0 aromatic rings. The Bertz CT molecular complexity index is 442. The van der Waals surface area contributed by atoms with E-state index in [1.807, 2.05) is 0 Å². The van der Waals surface area contributed by atoms with E-state index in [0.29, 0.717) is 6.42 Å². The molecule has 7 heteroatoms. The number of carboxylic acid groups (broad SMARTS) is 1. The maximum Gasteiger partial charge on any atom is 0.303 e. The van der Waals surface area contributed by atoms with Gasteiger partial charge in [-0.15, -0.1) is 0 Å². The average Bonchev–Trinajstić information content (AvgIpc) is 3.09. The lowest BCUT2D eigenvalue weighted by Crippen LogP contribution is -2.40. The van der Waals surface area contributed by atoms with Crippen molar-refractivity contribution in [2.75, 3.05) is 13.2 Å². The minimum Gasteiger partial charge on any atom is -0.481 e. The third-order valence-electron chi connectivity index (χ3n) is 5.41. The van der Waals surface area contributed by atoms with Gasteiger partial charge in [0.05, 0.1) is 13.2 Å². The fourth-order valence-corrected chi connectivity index (χ4v) is 3.42. The summed E-state index contributed by atoms with van der Waals surface area (Å²) >= 11 is 0. The zero-order chi connectivity index (χ0) is 23.3. The maximum absolute atomic E-state index is 10.3. The molecule has 184 valence electrons. The molecule has 0 aromatic carbocycles. The zero-order valence-corrected chi connectivity index (χ0v) is 19.3. The van der Waals surface area contributed by atoms with Crippen molar-refractivity contribution in [3.63, 3.8) is 0 Å². The van der Waals surface area contributed by atoms with Crippen LogP contribution in [0.2, 0.25) is 0 Å². The lowest BCUT2D eigenvalue weighted by atomic mass is 10.1.